The summed E-state index contributed by atoms with van der Waals surface area (Å²) in [6.07, 6.45) is 0.113. The number of hydrogen-bond donors (Lipinski definition) is 2. The highest BCUT2D eigenvalue weighted by Gasteiger charge is 2.19. The summed E-state index contributed by atoms with van der Waals surface area (Å²) < 4.78 is 5.90. The molecule has 0 aliphatic carbocycles. The quantitative estimate of drug-likeness (QED) is 0.655. The van der Waals surface area contributed by atoms with Gasteiger partial charge in [0.2, 0.25) is 0 Å². The van der Waals surface area contributed by atoms with E-state index in [1.165, 1.54) is 0 Å². The Morgan fingerprint density at radius 3 is 2.38 bits per heavy atom. The smallest absolute Gasteiger partial charge is 0.124 e. The van der Waals surface area contributed by atoms with Gasteiger partial charge in [0, 0.05) is 17.0 Å². The zero-order chi connectivity index (χ0) is 15.4. The third kappa shape index (κ3) is 3.60. The number of pyridine rings is 1. The molecule has 4 nitrogen and oxygen atoms in total. The summed E-state index contributed by atoms with van der Waals surface area (Å²) in [4.78, 5) is 4.52. The van der Waals surface area contributed by atoms with E-state index in [4.69, 9.17) is 10.6 Å². The van der Waals surface area contributed by atoms with Crippen LogP contribution in [0.4, 0.5) is 0 Å². The van der Waals surface area contributed by atoms with Gasteiger partial charge in [-0.25, -0.2) is 5.43 Å². The maximum absolute atomic E-state index is 5.90. The van der Waals surface area contributed by atoms with Gasteiger partial charge >= 0.3 is 0 Å². The summed E-state index contributed by atoms with van der Waals surface area (Å²) in [7, 11) is 0. The van der Waals surface area contributed by atoms with Crippen molar-refractivity contribution in [2.75, 3.05) is 0 Å². The Kier molecular flexibility index (Phi) is 4.94. The molecule has 0 bridgehead atoms. The lowest BCUT2D eigenvalue weighted by Crippen LogP contribution is -2.30. The molecule has 1 aromatic heterocycles. The van der Waals surface area contributed by atoms with Crippen molar-refractivity contribution in [3.8, 4) is 5.75 Å². The number of aryl methyl sites for hydroxylation is 2. The average molecular weight is 285 g/mol. The second kappa shape index (κ2) is 6.70. The molecule has 3 N–H and O–H groups in total. The van der Waals surface area contributed by atoms with Gasteiger partial charge in [-0.3, -0.25) is 10.8 Å². The van der Waals surface area contributed by atoms with E-state index >= 15 is 0 Å². The molecule has 0 saturated heterocycles. The Hall–Kier alpha value is -1.91. The first kappa shape index (κ1) is 15.5. The number of nitrogens with one attached hydrogen (secondary N) is 1. The molecule has 4 heteroatoms. The molecular weight excluding hydrogens is 262 g/mol. The second-order valence-corrected chi connectivity index (χ2v) is 5.43. The number of aromatic nitrogens is 1. The molecule has 0 fully saturated rings. The van der Waals surface area contributed by atoms with Gasteiger partial charge in [-0.2, -0.15) is 0 Å². The van der Waals surface area contributed by atoms with Crippen molar-refractivity contribution in [3.63, 3.8) is 0 Å². The van der Waals surface area contributed by atoms with Gasteiger partial charge in [0.05, 0.1) is 12.1 Å². The van der Waals surface area contributed by atoms with Crippen molar-refractivity contribution < 1.29 is 4.74 Å². The number of nitrogens with zero attached hydrogens (tertiary/aromatic N) is 1. The van der Waals surface area contributed by atoms with Gasteiger partial charge in [0.15, 0.2) is 0 Å². The van der Waals surface area contributed by atoms with Gasteiger partial charge < -0.3 is 4.74 Å². The zero-order valence-corrected chi connectivity index (χ0v) is 13.1. The van der Waals surface area contributed by atoms with E-state index in [-0.39, 0.29) is 12.1 Å². The van der Waals surface area contributed by atoms with Crippen LogP contribution in [0, 0.1) is 13.8 Å². The monoisotopic (exact) mass is 285 g/mol. The highest BCUT2D eigenvalue weighted by molar-refractivity contribution is 5.42. The summed E-state index contributed by atoms with van der Waals surface area (Å²) >= 11 is 0. The fraction of sp³-hybridized carbons (Fsp3) is 0.353. The summed E-state index contributed by atoms with van der Waals surface area (Å²) in [5, 5.41) is 0. The van der Waals surface area contributed by atoms with Crippen molar-refractivity contribution in [2.24, 2.45) is 5.84 Å². The topological polar surface area (TPSA) is 60.2 Å². The molecule has 112 valence electrons. The molecule has 0 spiro atoms. The number of nitrogens with two attached hydrogens (primary N) is 1. The Morgan fingerprint density at radius 1 is 1.05 bits per heavy atom. The molecule has 1 atom stereocenters. The van der Waals surface area contributed by atoms with E-state index in [1.807, 2.05) is 58.0 Å². The normalized spacial score (nSPS) is 12.5. The highest BCUT2D eigenvalue weighted by atomic mass is 16.5. The van der Waals surface area contributed by atoms with E-state index in [0.29, 0.717) is 0 Å². The zero-order valence-electron chi connectivity index (χ0n) is 13.1. The lowest BCUT2D eigenvalue weighted by atomic mass is 9.97. The molecule has 2 aromatic rings. The lowest BCUT2D eigenvalue weighted by Gasteiger charge is -2.22. The van der Waals surface area contributed by atoms with Crippen LogP contribution in [-0.4, -0.2) is 11.1 Å². The van der Waals surface area contributed by atoms with Crippen LogP contribution >= 0.6 is 0 Å². The molecule has 0 saturated carbocycles. The molecule has 21 heavy (non-hydrogen) atoms. The van der Waals surface area contributed by atoms with Crippen LogP contribution in [0.25, 0.3) is 0 Å². The third-order valence-electron chi connectivity index (χ3n) is 3.34. The minimum Gasteiger partial charge on any atom is -0.491 e. The SMILES string of the molecule is Cc1ccc(C(NN)c2ccccc2OC(C)C)c(C)n1. The third-order valence-corrected chi connectivity index (χ3v) is 3.34. The number of benzene rings is 1. The van der Waals surface area contributed by atoms with Gasteiger partial charge in [-0.1, -0.05) is 24.3 Å². The van der Waals surface area contributed by atoms with Crippen molar-refractivity contribution >= 4 is 0 Å². The van der Waals surface area contributed by atoms with Crippen LogP contribution in [0.5, 0.6) is 5.75 Å². The Morgan fingerprint density at radius 2 is 1.76 bits per heavy atom. The van der Waals surface area contributed by atoms with Crippen molar-refractivity contribution in [2.45, 2.75) is 39.8 Å². The first-order valence-corrected chi connectivity index (χ1v) is 7.18. The summed E-state index contributed by atoms with van der Waals surface area (Å²) in [6.45, 7) is 8.01. The number of para-hydroxylation sites is 1. The van der Waals surface area contributed by atoms with Crippen molar-refractivity contribution in [1.29, 1.82) is 0 Å². The molecule has 0 aliphatic heterocycles. The molecule has 0 aliphatic rings. The lowest BCUT2D eigenvalue weighted by molar-refractivity contribution is 0.238. The second-order valence-electron chi connectivity index (χ2n) is 5.43. The molecule has 1 unspecified atom stereocenters. The summed E-state index contributed by atoms with van der Waals surface area (Å²) in [5.74, 6) is 6.65. The van der Waals surface area contributed by atoms with E-state index < -0.39 is 0 Å². The average Bonchev–Trinajstić information content (AvgIpc) is 2.43. The number of rotatable bonds is 5. The predicted molar refractivity (Wildman–Crippen MR) is 85.1 cm³/mol. The molecule has 2 rings (SSSR count). The minimum absolute atomic E-state index is 0.113. The van der Waals surface area contributed by atoms with Crippen LogP contribution in [-0.2, 0) is 0 Å². The Balaban J connectivity index is 2.46. The Bertz CT molecular complexity index is 611. The number of hydrazine groups is 1. The number of hydrogen-bond acceptors (Lipinski definition) is 4. The minimum atomic E-state index is -0.145. The maximum Gasteiger partial charge on any atom is 0.124 e. The molecular formula is C17H23N3O. The van der Waals surface area contributed by atoms with Crippen molar-refractivity contribution in [3.05, 3.63) is 58.9 Å². The van der Waals surface area contributed by atoms with Crippen LogP contribution in [0.3, 0.4) is 0 Å². The van der Waals surface area contributed by atoms with Gasteiger partial charge in [0.25, 0.3) is 0 Å². The fourth-order valence-electron chi connectivity index (χ4n) is 2.43. The highest BCUT2D eigenvalue weighted by Crippen LogP contribution is 2.31. The maximum atomic E-state index is 5.90. The van der Waals surface area contributed by atoms with Crippen LogP contribution in [0.2, 0.25) is 0 Å². The van der Waals surface area contributed by atoms with Crippen LogP contribution in [0.15, 0.2) is 36.4 Å². The van der Waals surface area contributed by atoms with E-state index in [0.717, 1.165) is 28.3 Å². The molecule has 1 aromatic carbocycles. The first-order valence-electron chi connectivity index (χ1n) is 7.18. The molecule has 0 amide bonds. The van der Waals surface area contributed by atoms with E-state index in [1.54, 1.807) is 0 Å². The van der Waals surface area contributed by atoms with Crippen LogP contribution in [0.1, 0.15) is 42.4 Å². The van der Waals surface area contributed by atoms with Crippen molar-refractivity contribution in [1.82, 2.24) is 10.4 Å². The van der Waals surface area contributed by atoms with Gasteiger partial charge in [-0.05, 0) is 45.4 Å². The predicted octanol–water partition coefficient (Wildman–Crippen LogP) is 3.04. The largest absolute Gasteiger partial charge is 0.491 e. The van der Waals surface area contributed by atoms with Gasteiger partial charge in [-0.15, -0.1) is 0 Å². The first-order chi connectivity index (χ1) is 10.0. The molecule has 0 radical (unpaired) electrons. The van der Waals surface area contributed by atoms with E-state index in [9.17, 15) is 0 Å². The fourth-order valence-corrected chi connectivity index (χ4v) is 2.43. The number of ether oxygens (including phenoxy) is 1. The summed E-state index contributed by atoms with van der Waals surface area (Å²) in [5.41, 5.74) is 6.93. The summed E-state index contributed by atoms with van der Waals surface area (Å²) in [6, 6.07) is 11.9. The Labute approximate surface area is 126 Å². The van der Waals surface area contributed by atoms with Crippen LogP contribution < -0.4 is 16.0 Å². The van der Waals surface area contributed by atoms with Gasteiger partial charge in [0.1, 0.15) is 5.75 Å². The van der Waals surface area contributed by atoms with E-state index in [2.05, 4.69) is 16.5 Å². The standard InChI is InChI=1S/C17H23N3O/c1-11(2)21-16-8-6-5-7-15(16)17(20-18)14-10-9-12(3)19-13(14)4/h5-11,17,20H,18H2,1-4H3. The molecule has 1 heterocycles.